The third kappa shape index (κ3) is 22.9. The maximum atomic E-state index is 14.5. The van der Waals surface area contributed by atoms with Gasteiger partial charge in [0.25, 0.3) is 23.6 Å². The molecule has 0 aliphatic rings. The summed E-state index contributed by atoms with van der Waals surface area (Å²) < 4.78 is 22.2. The second kappa shape index (κ2) is 39.4. The van der Waals surface area contributed by atoms with Crippen molar-refractivity contribution in [3.63, 3.8) is 0 Å². The van der Waals surface area contributed by atoms with Gasteiger partial charge < -0.3 is 84.7 Å². The van der Waals surface area contributed by atoms with E-state index in [2.05, 4.69) is 26.3 Å². The van der Waals surface area contributed by atoms with E-state index in [1.807, 2.05) is 24.3 Å². The van der Waals surface area contributed by atoms with Crippen LogP contribution in [0.1, 0.15) is 146 Å². The molecule has 0 aliphatic carbocycles. The van der Waals surface area contributed by atoms with Crippen molar-refractivity contribution >= 4 is 69.5 Å². The van der Waals surface area contributed by atoms with E-state index in [1.54, 1.807) is 30.5 Å². The van der Waals surface area contributed by atoms with Crippen molar-refractivity contribution in [2.45, 2.75) is 139 Å². The van der Waals surface area contributed by atoms with Crippen LogP contribution in [0, 0.1) is 0 Å². The molecule has 0 fully saturated rings. The summed E-state index contributed by atoms with van der Waals surface area (Å²) in [6, 6.07) is 20.3. The normalized spacial score (nSPS) is 12.7. The number of rotatable bonds is 45. The van der Waals surface area contributed by atoms with Crippen LogP contribution in [-0.2, 0) is 60.9 Å². The van der Waals surface area contributed by atoms with Gasteiger partial charge in [-0.05, 0) is 179 Å². The Hall–Kier alpha value is -9.86. The van der Waals surface area contributed by atoms with Crippen LogP contribution in [0.4, 0.5) is 0 Å². The number of H-pyrrole nitrogens is 1. The summed E-state index contributed by atoms with van der Waals surface area (Å²) in [5.41, 5.74) is 38.1. The SMILES string of the molecule is COc1ccc(CC(=O)[C@H](CCCCN)NC(=O)c2cc(CC(=O)[C@H](CCCCN)NC(=O)c3cc(CC(=O)[C@H](CCCCN)NC(=O)c4cc(CC(=O)[C@@H](N)CCCCN)ccc4OC)ccc3OC)ccc2OCC(=O)O)cc1C(=O)N[C@@H](Cc1c[nH]c2ccccc12)C(N)=O. The zero-order chi connectivity index (χ0) is 71.3. The third-order valence-corrected chi connectivity index (χ3v) is 16.7. The molecule has 0 bridgehead atoms. The Morgan fingerprint density at radius 2 is 0.796 bits per heavy atom. The number of ether oxygens (including phenoxy) is 4. The zero-order valence-corrected chi connectivity index (χ0v) is 55.9. The van der Waals surface area contributed by atoms with Crippen molar-refractivity contribution in [1.29, 1.82) is 0 Å². The van der Waals surface area contributed by atoms with Crippen LogP contribution in [0.3, 0.4) is 0 Å². The van der Waals surface area contributed by atoms with Gasteiger partial charge >= 0.3 is 5.97 Å². The van der Waals surface area contributed by atoms with Crippen LogP contribution in [0.25, 0.3) is 10.9 Å². The number of primary amides is 1. The minimum atomic E-state index is -1.35. The number of carboxylic acid groups (broad SMARTS) is 1. The van der Waals surface area contributed by atoms with Gasteiger partial charge in [-0.15, -0.1) is 0 Å². The van der Waals surface area contributed by atoms with Gasteiger partial charge in [0.15, 0.2) is 29.7 Å². The van der Waals surface area contributed by atoms with Gasteiger partial charge in [-0.25, -0.2) is 4.79 Å². The molecule has 1 aromatic heterocycles. The molecular formula is C72H93N11O15. The van der Waals surface area contributed by atoms with E-state index in [4.69, 9.17) is 53.3 Å². The maximum absolute atomic E-state index is 14.5. The average Bonchev–Trinajstić information content (AvgIpc) is 1.20. The quantitative estimate of drug-likeness (QED) is 0.0239. The Morgan fingerprint density at radius 3 is 1.16 bits per heavy atom. The van der Waals surface area contributed by atoms with Crippen LogP contribution in [0.15, 0.2) is 103 Å². The first-order valence-corrected chi connectivity index (χ1v) is 32.9. The zero-order valence-electron chi connectivity index (χ0n) is 55.9. The molecule has 5 atom stereocenters. The molecular weight excluding hydrogens is 1260 g/mol. The number of aliphatic carboxylic acids is 1. The second-order valence-electron chi connectivity index (χ2n) is 24.0. The minimum Gasteiger partial charge on any atom is -0.496 e. The Kier molecular flexibility index (Phi) is 31.0. The molecule has 526 valence electrons. The molecule has 6 rings (SSSR count). The molecule has 0 saturated carbocycles. The number of fused-ring (bicyclic) bond motifs is 1. The fraction of sp³-hybridized carbons (Fsp3) is 0.417. The Morgan fingerprint density at radius 1 is 0.449 bits per heavy atom. The number of amides is 5. The number of benzene rings is 5. The number of unbranched alkanes of at least 4 members (excludes halogenated alkanes) is 4. The van der Waals surface area contributed by atoms with E-state index in [0.717, 1.165) is 22.9 Å². The Balaban J connectivity index is 1.20. The van der Waals surface area contributed by atoms with Crippen molar-refractivity contribution in [2.75, 3.05) is 54.1 Å². The largest absolute Gasteiger partial charge is 0.496 e. The van der Waals surface area contributed by atoms with E-state index >= 15 is 0 Å². The molecule has 0 spiro atoms. The number of carbonyl (C=O) groups is 10. The van der Waals surface area contributed by atoms with Gasteiger partial charge in [0, 0.05) is 49.2 Å². The highest BCUT2D eigenvalue weighted by Crippen LogP contribution is 2.28. The number of aromatic amines is 1. The summed E-state index contributed by atoms with van der Waals surface area (Å²) in [4.78, 5) is 141. The van der Waals surface area contributed by atoms with Crippen LogP contribution in [0.5, 0.6) is 23.0 Å². The van der Waals surface area contributed by atoms with Crippen LogP contribution in [-0.4, -0.2) is 153 Å². The fourth-order valence-electron chi connectivity index (χ4n) is 11.3. The van der Waals surface area contributed by atoms with Crippen LogP contribution >= 0.6 is 0 Å². The van der Waals surface area contributed by atoms with Gasteiger partial charge in [-0.3, -0.25) is 43.2 Å². The molecule has 98 heavy (non-hydrogen) atoms. The highest BCUT2D eigenvalue weighted by atomic mass is 16.5. The fourth-order valence-corrected chi connectivity index (χ4v) is 11.3. The Bertz CT molecular complexity index is 3760. The van der Waals surface area contributed by atoms with E-state index in [0.29, 0.717) is 81.1 Å². The van der Waals surface area contributed by atoms with Gasteiger partial charge in [0.2, 0.25) is 5.91 Å². The van der Waals surface area contributed by atoms with E-state index in [9.17, 15) is 53.1 Å². The lowest BCUT2D eigenvalue weighted by molar-refractivity contribution is -0.139. The van der Waals surface area contributed by atoms with E-state index in [-0.39, 0.29) is 121 Å². The lowest BCUT2D eigenvalue weighted by Gasteiger charge is -2.21. The van der Waals surface area contributed by atoms with Crippen molar-refractivity contribution in [2.24, 2.45) is 34.4 Å². The van der Waals surface area contributed by atoms with Crippen molar-refractivity contribution in [1.82, 2.24) is 26.3 Å². The number of carboxylic acids is 1. The average molecular weight is 1350 g/mol. The van der Waals surface area contributed by atoms with Crippen LogP contribution in [0.2, 0.25) is 0 Å². The van der Waals surface area contributed by atoms with E-state index < -0.39 is 89.7 Å². The van der Waals surface area contributed by atoms with Gasteiger partial charge in [-0.2, -0.15) is 0 Å². The molecule has 18 N–H and O–H groups in total. The molecule has 0 saturated heterocycles. The van der Waals surface area contributed by atoms with Gasteiger partial charge in [0.05, 0.1) is 67.8 Å². The van der Waals surface area contributed by atoms with Crippen LogP contribution < -0.4 is 74.6 Å². The lowest BCUT2D eigenvalue weighted by atomic mass is 9.95. The number of nitrogens with one attached hydrogen (secondary N) is 5. The summed E-state index contributed by atoms with van der Waals surface area (Å²) in [5, 5.41) is 21.7. The number of nitrogens with two attached hydrogens (primary N) is 6. The molecule has 0 radical (unpaired) electrons. The number of carbonyl (C=O) groups excluding carboxylic acids is 9. The number of Topliss-reactive ketones (excluding diaryl/α,β-unsaturated/α-hetero) is 4. The monoisotopic (exact) mass is 1350 g/mol. The molecule has 5 aromatic carbocycles. The predicted molar refractivity (Wildman–Crippen MR) is 369 cm³/mol. The standard InChI is InChI=1S/C72H93N11O15/c1-95-63-24-20-43(36-59(84)53(77)15-6-10-28-73)32-49(63)69(91)80-55(17-7-11-29-74)60(85)37-44-21-25-64(96-2)50(33-44)70(92)81-56(18-8-12-30-75)62(87)39-46-23-27-66(98-42-67(88)89)52(35-46)72(94)82-57(19-9-13-31-76)61(86)38-45-22-26-65(97-3)51(34-45)71(93)83-58(68(78)90)40-47-41-79-54-16-5-4-14-48(47)54/h4-5,14,16,20-27,32-35,41,53,55-58,79H,6-13,15,17-19,28-31,36-40,42,73-77H2,1-3H3,(H2,78,90)(H,80,91)(H,81,92)(H,82,94)(H,83,93)(H,88,89)/t53-,55-,56-,57-,58-/m0/s1. The smallest absolute Gasteiger partial charge is 0.341 e. The van der Waals surface area contributed by atoms with Crippen molar-refractivity contribution in [3.8, 4) is 23.0 Å². The summed E-state index contributed by atoms with van der Waals surface area (Å²) in [6.45, 7) is 0.546. The number of methoxy groups -OCH3 is 3. The highest BCUT2D eigenvalue weighted by molar-refractivity contribution is 6.04. The number of ketones is 4. The van der Waals surface area contributed by atoms with Gasteiger partial charge in [-0.1, -0.05) is 48.9 Å². The molecule has 1 heterocycles. The third-order valence-electron chi connectivity index (χ3n) is 16.7. The molecule has 0 aliphatic heterocycles. The van der Waals surface area contributed by atoms with Crippen molar-refractivity contribution < 1.29 is 72.0 Å². The van der Waals surface area contributed by atoms with E-state index in [1.165, 1.54) is 69.9 Å². The number of aromatic nitrogens is 1. The van der Waals surface area contributed by atoms with Gasteiger partial charge in [0.1, 0.15) is 29.0 Å². The first-order chi connectivity index (χ1) is 47.1. The minimum absolute atomic E-state index is 0.00644. The molecule has 26 heteroatoms. The number of para-hydroxylation sites is 1. The second-order valence-corrected chi connectivity index (χ2v) is 24.0. The number of hydrogen-bond donors (Lipinski definition) is 12. The molecule has 6 aromatic rings. The molecule has 5 amide bonds. The Labute approximate surface area is 569 Å². The summed E-state index contributed by atoms with van der Waals surface area (Å²) in [5.74, 6) is -6.26. The molecule has 0 unspecified atom stereocenters. The van der Waals surface area contributed by atoms with Crippen molar-refractivity contribution in [3.05, 3.63) is 153 Å². The first-order valence-electron chi connectivity index (χ1n) is 32.9. The summed E-state index contributed by atoms with van der Waals surface area (Å²) >= 11 is 0. The molecule has 26 nitrogen and oxygen atoms in total. The summed E-state index contributed by atoms with van der Waals surface area (Å²) in [7, 11) is 4.11. The predicted octanol–water partition coefficient (Wildman–Crippen LogP) is 4.17. The first kappa shape index (κ1) is 77.1. The lowest BCUT2D eigenvalue weighted by Crippen LogP contribution is -2.46. The topological polar surface area (TPSA) is 448 Å². The summed E-state index contributed by atoms with van der Waals surface area (Å²) in [6.07, 6.45) is 6.12. The maximum Gasteiger partial charge on any atom is 0.341 e. The highest BCUT2D eigenvalue weighted by Gasteiger charge is 2.30. The number of hydrogen-bond acceptors (Lipinski definition) is 19.